The van der Waals surface area contributed by atoms with E-state index in [2.05, 4.69) is 14.9 Å². The van der Waals surface area contributed by atoms with Gasteiger partial charge in [0.2, 0.25) is 5.95 Å². The third-order valence-electron chi connectivity index (χ3n) is 3.38. The molecule has 0 unspecified atom stereocenters. The van der Waals surface area contributed by atoms with Crippen LogP contribution in [0.3, 0.4) is 0 Å². The van der Waals surface area contributed by atoms with Crippen molar-refractivity contribution in [3.05, 3.63) is 18.0 Å². The third-order valence-corrected chi connectivity index (χ3v) is 3.38. The number of aromatic nitrogens is 2. The minimum absolute atomic E-state index is 0.160. The molecule has 1 aromatic heterocycles. The monoisotopic (exact) mass is 235 g/mol. The second-order valence-electron chi connectivity index (χ2n) is 4.77. The molecule has 0 saturated heterocycles. The predicted molar refractivity (Wildman–Crippen MR) is 68.1 cm³/mol. The maximum Gasteiger partial charge on any atom is 0.225 e. The number of anilines is 1. The standard InChI is InChI=1S/C13H21N3O/c1-11-9-14-13(15-10-11)16(7-8-17)12-5-3-2-4-6-12/h9-10,12,17H,2-8H2,1H3. The number of aliphatic hydroxyl groups is 1. The van der Waals surface area contributed by atoms with Gasteiger partial charge in [0.15, 0.2) is 0 Å². The van der Waals surface area contributed by atoms with Crippen molar-refractivity contribution in [2.75, 3.05) is 18.1 Å². The Kier molecular flexibility index (Phi) is 4.31. The Morgan fingerprint density at radius 2 is 1.88 bits per heavy atom. The van der Waals surface area contributed by atoms with E-state index in [0.717, 1.165) is 11.5 Å². The summed E-state index contributed by atoms with van der Waals surface area (Å²) in [6.45, 7) is 2.78. The van der Waals surface area contributed by atoms with Gasteiger partial charge in [-0.2, -0.15) is 0 Å². The van der Waals surface area contributed by atoms with Gasteiger partial charge in [-0.05, 0) is 25.3 Å². The molecule has 1 aliphatic rings. The predicted octanol–water partition coefficient (Wildman–Crippen LogP) is 1.92. The average molecular weight is 235 g/mol. The first kappa shape index (κ1) is 12.3. The van der Waals surface area contributed by atoms with Crippen molar-refractivity contribution in [3.63, 3.8) is 0 Å². The highest BCUT2D eigenvalue weighted by atomic mass is 16.3. The molecular weight excluding hydrogens is 214 g/mol. The topological polar surface area (TPSA) is 49.2 Å². The molecule has 1 heterocycles. The van der Waals surface area contributed by atoms with E-state index in [4.69, 9.17) is 0 Å². The van der Waals surface area contributed by atoms with Crippen LogP contribution < -0.4 is 4.90 Å². The Morgan fingerprint density at radius 3 is 2.47 bits per heavy atom. The van der Waals surface area contributed by atoms with Crippen LogP contribution in [0.15, 0.2) is 12.4 Å². The number of hydrogen-bond acceptors (Lipinski definition) is 4. The molecule has 0 bridgehead atoms. The minimum Gasteiger partial charge on any atom is -0.395 e. The zero-order valence-corrected chi connectivity index (χ0v) is 10.5. The van der Waals surface area contributed by atoms with Crippen LogP contribution >= 0.6 is 0 Å². The van der Waals surface area contributed by atoms with Crippen LogP contribution in [-0.4, -0.2) is 34.3 Å². The van der Waals surface area contributed by atoms with Crippen LogP contribution in [-0.2, 0) is 0 Å². The zero-order chi connectivity index (χ0) is 12.1. The summed E-state index contributed by atoms with van der Waals surface area (Å²) in [6, 6.07) is 0.499. The number of aryl methyl sites for hydroxylation is 1. The minimum atomic E-state index is 0.160. The molecule has 17 heavy (non-hydrogen) atoms. The molecule has 0 aromatic carbocycles. The van der Waals surface area contributed by atoms with Crippen LogP contribution in [0, 0.1) is 6.92 Å². The van der Waals surface area contributed by atoms with E-state index in [-0.39, 0.29) is 6.61 Å². The van der Waals surface area contributed by atoms with E-state index in [0.29, 0.717) is 12.6 Å². The van der Waals surface area contributed by atoms with Gasteiger partial charge in [0.1, 0.15) is 0 Å². The first-order valence-corrected chi connectivity index (χ1v) is 6.47. The van der Waals surface area contributed by atoms with Gasteiger partial charge in [0.05, 0.1) is 6.61 Å². The molecule has 1 aromatic rings. The summed E-state index contributed by atoms with van der Waals surface area (Å²) < 4.78 is 0. The molecule has 1 fully saturated rings. The Bertz CT molecular complexity index is 333. The van der Waals surface area contributed by atoms with E-state index in [1.165, 1.54) is 32.1 Å². The maximum atomic E-state index is 9.19. The highest BCUT2D eigenvalue weighted by molar-refractivity contribution is 5.31. The van der Waals surface area contributed by atoms with Crippen LogP contribution in [0.5, 0.6) is 0 Å². The van der Waals surface area contributed by atoms with Gasteiger partial charge in [-0.3, -0.25) is 0 Å². The molecule has 4 nitrogen and oxygen atoms in total. The molecule has 4 heteroatoms. The van der Waals surface area contributed by atoms with Crippen molar-refractivity contribution < 1.29 is 5.11 Å². The van der Waals surface area contributed by atoms with Crippen LogP contribution in [0.25, 0.3) is 0 Å². The van der Waals surface area contributed by atoms with Gasteiger partial charge in [-0.1, -0.05) is 19.3 Å². The summed E-state index contributed by atoms with van der Waals surface area (Å²) >= 11 is 0. The van der Waals surface area contributed by atoms with Gasteiger partial charge in [0, 0.05) is 25.0 Å². The SMILES string of the molecule is Cc1cnc(N(CCO)C2CCCCC2)nc1. The van der Waals surface area contributed by atoms with Crippen molar-refractivity contribution in [2.24, 2.45) is 0 Å². The highest BCUT2D eigenvalue weighted by Crippen LogP contribution is 2.24. The van der Waals surface area contributed by atoms with Crippen molar-refractivity contribution >= 4 is 5.95 Å². The molecule has 1 saturated carbocycles. The third kappa shape index (κ3) is 3.16. The van der Waals surface area contributed by atoms with E-state index < -0.39 is 0 Å². The number of hydrogen-bond donors (Lipinski definition) is 1. The van der Waals surface area contributed by atoms with Gasteiger partial charge in [-0.15, -0.1) is 0 Å². The molecular formula is C13H21N3O. The lowest BCUT2D eigenvalue weighted by molar-refractivity contribution is 0.288. The molecule has 0 aliphatic heterocycles. The van der Waals surface area contributed by atoms with E-state index in [1.54, 1.807) is 0 Å². The molecule has 0 spiro atoms. The molecule has 1 aliphatic carbocycles. The first-order chi connectivity index (χ1) is 8.31. The Balaban J connectivity index is 2.12. The maximum absolute atomic E-state index is 9.19. The molecule has 1 N–H and O–H groups in total. The van der Waals surface area contributed by atoms with E-state index in [9.17, 15) is 5.11 Å². The van der Waals surface area contributed by atoms with E-state index in [1.807, 2.05) is 19.3 Å². The summed E-state index contributed by atoms with van der Waals surface area (Å²) in [4.78, 5) is 10.9. The Hall–Kier alpha value is -1.16. The van der Waals surface area contributed by atoms with Crippen molar-refractivity contribution in [1.29, 1.82) is 0 Å². The number of aliphatic hydroxyl groups excluding tert-OH is 1. The molecule has 0 radical (unpaired) electrons. The summed E-state index contributed by atoms with van der Waals surface area (Å²) in [5, 5.41) is 9.19. The smallest absolute Gasteiger partial charge is 0.225 e. The summed E-state index contributed by atoms with van der Waals surface area (Å²) in [5.74, 6) is 0.761. The van der Waals surface area contributed by atoms with E-state index >= 15 is 0 Å². The fourth-order valence-corrected chi connectivity index (χ4v) is 2.48. The summed E-state index contributed by atoms with van der Waals surface area (Å²) in [5.41, 5.74) is 1.07. The lowest BCUT2D eigenvalue weighted by Gasteiger charge is -2.33. The van der Waals surface area contributed by atoms with Crippen molar-refractivity contribution in [3.8, 4) is 0 Å². The fourth-order valence-electron chi connectivity index (χ4n) is 2.48. The average Bonchev–Trinajstić information content (AvgIpc) is 2.38. The van der Waals surface area contributed by atoms with Crippen molar-refractivity contribution in [2.45, 2.75) is 45.1 Å². The second kappa shape index (κ2) is 5.96. The Morgan fingerprint density at radius 1 is 1.24 bits per heavy atom. The molecule has 0 amide bonds. The number of nitrogens with zero attached hydrogens (tertiary/aromatic N) is 3. The van der Waals surface area contributed by atoms with Gasteiger partial charge in [-0.25, -0.2) is 9.97 Å². The molecule has 0 atom stereocenters. The van der Waals surface area contributed by atoms with Crippen molar-refractivity contribution in [1.82, 2.24) is 9.97 Å². The van der Waals surface area contributed by atoms with Crippen LogP contribution in [0.2, 0.25) is 0 Å². The highest BCUT2D eigenvalue weighted by Gasteiger charge is 2.22. The number of rotatable bonds is 4. The Labute approximate surface area is 103 Å². The van der Waals surface area contributed by atoms with Crippen LogP contribution in [0.1, 0.15) is 37.7 Å². The summed E-state index contributed by atoms with van der Waals surface area (Å²) in [7, 11) is 0. The van der Waals surface area contributed by atoms with Gasteiger partial charge >= 0.3 is 0 Å². The fraction of sp³-hybridized carbons (Fsp3) is 0.692. The van der Waals surface area contributed by atoms with Gasteiger partial charge in [0.25, 0.3) is 0 Å². The van der Waals surface area contributed by atoms with Crippen LogP contribution in [0.4, 0.5) is 5.95 Å². The zero-order valence-electron chi connectivity index (χ0n) is 10.5. The van der Waals surface area contributed by atoms with Gasteiger partial charge < -0.3 is 10.0 Å². The molecule has 2 rings (SSSR count). The normalized spacial score (nSPS) is 17.1. The first-order valence-electron chi connectivity index (χ1n) is 6.47. The lowest BCUT2D eigenvalue weighted by atomic mass is 9.94. The lowest BCUT2D eigenvalue weighted by Crippen LogP contribution is -2.40. The second-order valence-corrected chi connectivity index (χ2v) is 4.77. The largest absolute Gasteiger partial charge is 0.395 e. The summed E-state index contributed by atoms with van der Waals surface area (Å²) in [6.07, 6.45) is 9.95. The quantitative estimate of drug-likeness (QED) is 0.866. The molecule has 94 valence electrons.